The largest absolute Gasteiger partial charge is 0.337 e. The number of nitrogens with zero attached hydrogens (tertiary/aromatic N) is 1. The van der Waals surface area contributed by atoms with Crippen LogP contribution in [0.1, 0.15) is 22.6 Å². The lowest BCUT2D eigenvalue weighted by Gasteiger charge is -2.25. The Morgan fingerprint density at radius 1 is 1.40 bits per heavy atom. The fraction of sp³-hybridized carbons (Fsp3) is 0.455. The van der Waals surface area contributed by atoms with Crippen molar-refractivity contribution in [2.45, 2.75) is 26.3 Å². The lowest BCUT2D eigenvalue weighted by atomic mass is 10.1. The highest BCUT2D eigenvalue weighted by Gasteiger charge is 2.23. The van der Waals surface area contributed by atoms with E-state index in [1.807, 2.05) is 6.07 Å². The fourth-order valence-corrected chi connectivity index (χ4v) is 2.58. The van der Waals surface area contributed by atoms with Crippen LogP contribution in [-0.4, -0.2) is 23.1 Å². The Labute approximate surface area is 92.7 Å². The Hall–Kier alpha value is -1.16. The number of likely N-dealkylation sites (tertiary alicyclic amines) is 1. The molecule has 0 aromatic carbocycles. The van der Waals surface area contributed by atoms with Gasteiger partial charge in [0, 0.05) is 22.7 Å². The molecule has 0 aliphatic carbocycles. The van der Waals surface area contributed by atoms with E-state index in [0.717, 1.165) is 0 Å². The Bertz CT molecular complexity index is 397. The van der Waals surface area contributed by atoms with Gasteiger partial charge >= 0.3 is 0 Å². The molecule has 0 unspecified atom stereocenters. The van der Waals surface area contributed by atoms with Crippen LogP contribution < -0.4 is 0 Å². The monoisotopic (exact) mass is 223 g/mol. The summed E-state index contributed by atoms with van der Waals surface area (Å²) in [6.45, 7) is 3.29. The van der Waals surface area contributed by atoms with Crippen molar-refractivity contribution >= 4 is 23.0 Å². The van der Waals surface area contributed by atoms with Crippen LogP contribution in [0.15, 0.2) is 12.1 Å². The summed E-state index contributed by atoms with van der Waals surface area (Å²) in [4.78, 5) is 26.8. The average Bonchev–Trinajstić information content (AvgIpc) is 2.56. The van der Waals surface area contributed by atoms with Gasteiger partial charge < -0.3 is 4.90 Å². The first-order valence-electron chi connectivity index (χ1n) is 5.00. The van der Waals surface area contributed by atoms with Crippen molar-refractivity contribution in [2.75, 3.05) is 6.54 Å². The zero-order chi connectivity index (χ0) is 10.8. The maximum absolute atomic E-state index is 11.5. The van der Waals surface area contributed by atoms with E-state index in [2.05, 4.69) is 13.0 Å². The molecule has 0 saturated carbocycles. The van der Waals surface area contributed by atoms with Gasteiger partial charge in [-0.1, -0.05) is 0 Å². The minimum Gasteiger partial charge on any atom is -0.337 e. The maximum atomic E-state index is 11.5. The smallest absolute Gasteiger partial charge is 0.230 e. The number of carbonyl (C=O) groups is 2. The summed E-state index contributed by atoms with van der Waals surface area (Å²) < 4.78 is 0. The molecule has 0 radical (unpaired) electrons. The third-order valence-corrected chi connectivity index (χ3v) is 3.49. The number of hydrogen-bond donors (Lipinski definition) is 0. The van der Waals surface area contributed by atoms with E-state index in [-0.39, 0.29) is 18.1 Å². The van der Waals surface area contributed by atoms with Crippen molar-refractivity contribution < 1.29 is 9.59 Å². The van der Waals surface area contributed by atoms with Gasteiger partial charge in [0.15, 0.2) is 0 Å². The first kappa shape index (κ1) is 10.4. The number of ketones is 1. The highest BCUT2D eigenvalue weighted by Crippen LogP contribution is 2.19. The Kier molecular flexibility index (Phi) is 2.86. The second kappa shape index (κ2) is 4.14. The zero-order valence-electron chi connectivity index (χ0n) is 8.66. The van der Waals surface area contributed by atoms with Gasteiger partial charge in [0.05, 0.1) is 13.0 Å². The van der Waals surface area contributed by atoms with Gasteiger partial charge in [-0.05, 0) is 19.1 Å². The average molecular weight is 223 g/mol. The summed E-state index contributed by atoms with van der Waals surface area (Å²) in [7, 11) is 0. The molecular formula is C11H13NO2S. The molecule has 0 spiro atoms. The molecule has 80 valence electrons. The predicted molar refractivity (Wildman–Crippen MR) is 58.7 cm³/mol. The number of hydrogen-bond acceptors (Lipinski definition) is 3. The van der Waals surface area contributed by atoms with Crippen LogP contribution in [0.5, 0.6) is 0 Å². The predicted octanol–water partition coefficient (Wildman–Crippen LogP) is 1.75. The van der Waals surface area contributed by atoms with Gasteiger partial charge in [-0.3, -0.25) is 9.59 Å². The van der Waals surface area contributed by atoms with Crippen LogP contribution >= 0.6 is 11.3 Å². The number of rotatable bonds is 2. The molecule has 3 nitrogen and oxygen atoms in total. The summed E-state index contributed by atoms with van der Waals surface area (Å²) in [5.41, 5.74) is 0. The Balaban J connectivity index is 2.00. The Morgan fingerprint density at radius 2 is 2.20 bits per heavy atom. The fourth-order valence-electron chi connectivity index (χ4n) is 1.68. The summed E-state index contributed by atoms with van der Waals surface area (Å²) in [6, 6.07) is 4.10. The van der Waals surface area contributed by atoms with E-state index in [0.29, 0.717) is 19.5 Å². The van der Waals surface area contributed by atoms with Crippen LogP contribution in [0.3, 0.4) is 0 Å². The summed E-state index contributed by atoms with van der Waals surface area (Å²) >= 11 is 1.71. The summed E-state index contributed by atoms with van der Waals surface area (Å²) in [6.07, 6.45) is 0.598. The molecule has 2 rings (SSSR count). The third kappa shape index (κ3) is 2.45. The minimum atomic E-state index is -0.0303. The number of amides is 1. The second-order valence-corrected chi connectivity index (χ2v) is 5.17. The number of Topliss-reactive ketones (excluding diaryl/α,β-unsaturated/α-hetero) is 1. The van der Waals surface area contributed by atoms with Gasteiger partial charge in [0.2, 0.25) is 5.91 Å². The van der Waals surface area contributed by atoms with Crippen molar-refractivity contribution in [3.63, 3.8) is 0 Å². The molecular weight excluding hydrogens is 210 g/mol. The van der Waals surface area contributed by atoms with Crippen molar-refractivity contribution in [1.29, 1.82) is 0 Å². The first-order chi connectivity index (χ1) is 7.15. The zero-order valence-corrected chi connectivity index (χ0v) is 9.47. The number of thiophene rings is 1. The Morgan fingerprint density at radius 3 is 2.80 bits per heavy atom. The standard InChI is InChI=1S/C11H13NO2S/c1-8-2-3-10(15-8)7-12-5-4-9(13)6-11(12)14/h2-3H,4-7H2,1H3. The maximum Gasteiger partial charge on any atom is 0.230 e. The molecule has 1 amide bonds. The van der Waals surface area contributed by atoms with Crippen LogP contribution in [0.25, 0.3) is 0 Å². The molecule has 1 aliphatic rings. The van der Waals surface area contributed by atoms with Gasteiger partial charge in [0.1, 0.15) is 5.78 Å². The number of carbonyl (C=O) groups excluding carboxylic acids is 2. The quantitative estimate of drug-likeness (QED) is 0.716. The van der Waals surface area contributed by atoms with Gasteiger partial charge in [-0.2, -0.15) is 0 Å². The lowest BCUT2D eigenvalue weighted by Crippen LogP contribution is -2.38. The molecule has 15 heavy (non-hydrogen) atoms. The van der Waals surface area contributed by atoms with Crippen LogP contribution in [-0.2, 0) is 16.1 Å². The SMILES string of the molecule is Cc1ccc(CN2CCC(=O)CC2=O)s1. The summed E-state index contributed by atoms with van der Waals surface area (Å²) in [5, 5.41) is 0. The van der Waals surface area contributed by atoms with Crippen molar-refractivity contribution in [3.8, 4) is 0 Å². The topological polar surface area (TPSA) is 37.4 Å². The van der Waals surface area contributed by atoms with Crippen molar-refractivity contribution in [1.82, 2.24) is 4.90 Å². The van der Waals surface area contributed by atoms with Crippen LogP contribution in [0.4, 0.5) is 0 Å². The molecule has 1 fully saturated rings. The van der Waals surface area contributed by atoms with E-state index in [9.17, 15) is 9.59 Å². The molecule has 1 aliphatic heterocycles. The van der Waals surface area contributed by atoms with E-state index < -0.39 is 0 Å². The van der Waals surface area contributed by atoms with Crippen molar-refractivity contribution in [3.05, 3.63) is 21.9 Å². The van der Waals surface area contributed by atoms with Gasteiger partial charge in [-0.25, -0.2) is 0 Å². The summed E-state index contributed by atoms with van der Waals surface area (Å²) in [5.74, 6) is 0.0379. The second-order valence-electron chi connectivity index (χ2n) is 3.79. The van der Waals surface area contributed by atoms with E-state index in [4.69, 9.17) is 0 Å². The molecule has 1 aromatic heterocycles. The van der Waals surface area contributed by atoms with Gasteiger partial charge in [-0.15, -0.1) is 11.3 Å². The third-order valence-electron chi connectivity index (χ3n) is 2.50. The molecule has 0 bridgehead atoms. The normalized spacial score (nSPS) is 17.3. The lowest BCUT2D eigenvalue weighted by molar-refractivity contribution is -0.139. The van der Waals surface area contributed by atoms with Crippen LogP contribution in [0.2, 0.25) is 0 Å². The molecule has 2 heterocycles. The highest BCUT2D eigenvalue weighted by atomic mass is 32.1. The van der Waals surface area contributed by atoms with Gasteiger partial charge in [0.25, 0.3) is 0 Å². The minimum absolute atomic E-state index is 0.0303. The molecule has 0 atom stereocenters. The number of aryl methyl sites for hydroxylation is 1. The van der Waals surface area contributed by atoms with E-state index >= 15 is 0 Å². The molecule has 0 N–H and O–H groups in total. The highest BCUT2D eigenvalue weighted by molar-refractivity contribution is 7.11. The number of piperidine rings is 1. The molecule has 4 heteroatoms. The molecule has 1 aromatic rings. The first-order valence-corrected chi connectivity index (χ1v) is 5.81. The van der Waals surface area contributed by atoms with E-state index in [1.165, 1.54) is 9.75 Å². The van der Waals surface area contributed by atoms with Crippen LogP contribution in [0, 0.1) is 6.92 Å². The molecule has 1 saturated heterocycles. The van der Waals surface area contributed by atoms with E-state index in [1.54, 1.807) is 16.2 Å². The van der Waals surface area contributed by atoms with Crippen molar-refractivity contribution in [2.24, 2.45) is 0 Å².